The summed E-state index contributed by atoms with van der Waals surface area (Å²) in [7, 11) is 2.09. The highest BCUT2D eigenvalue weighted by Crippen LogP contribution is 2.29. The Hall–Kier alpha value is -5.49. The van der Waals surface area contributed by atoms with Crippen molar-refractivity contribution in [2.24, 2.45) is 0 Å². The molecule has 0 unspecified atom stereocenters. The quantitative estimate of drug-likeness (QED) is 0.211. The standard InChI is InChI=1S/C39H39F2N7O3/c1-39(2,3)45(4)21-24-8-10-25(11-9-24)26-6-5-7-31(18-26)47-35-32(19-28(41)20-42-35)37(50)48(38(47)51)30-15-13-29(14-16-30)43-36(49)33-23-46-22-27(40)12-17-34(46)44-33/h5-12,17-20,22-23,29-30H,13-16,21H2,1-4H3,(H,43,49). The molecule has 1 aliphatic rings. The third-order valence-electron chi connectivity index (χ3n) is 9.89. The summed E-state index contributed by atoms with van der Waals surface area (Å²) in [5.74, 6) is -1.51. The van der Waals surface area contributed by atoms with Crippen LogP contribution in [0, 0.1) is 11.6 Å². The van der Waals surface area contributed by atoms with Crippen LogP contribution in [0.2, 0.25) is 0 Å². The molecule has 1 N–H and O–H groups in total. The van der Waals surface area contributed by atoms with Gasteiger partial charge in [-0.1, -0.05) is 36.4 Å². The van der Waals surface area contributed by atoms with E-state index in [2.05, 4.69) is 60.1 Å². The molecule has 0 radical (unpaired) electrons. The first-order valence-electron chi connectivity index (χ1n) is 17.0. The lowest BCUT2D eigenvalue weighted by atomic mass is 9.90. The molecule has 12 heteroatoms. The molecule has 0 saturated heterocycles. The van der Waals surface area contributed by atoms with Gasteiger partial charge >= 0.3 is 5.69 Å². The van der Waals surface area contributed by atoms with Crippen LogP contribution in [-0.2, 0) is 6.54 Å². The molecule has 4 heterocycles. The number of halogens is 2. The third-order valence-corrected chi connectivity index (χ3v) is 9.89. The average molecular weight is 692 g/mol. The van der Waals surface area contributed by atoms with E-state index in [-0.39, 0.29) is 34.2 Å². The summed E-state index contributed by atoms with van der Waals surface area (Å²) < 4.78 is 32.2. The highest BCUT2D eigenvalue weighted by Gasteiger charge is 2.29. The number of benzene rings is 2. The van der Waals surface area contributed by atoms with Crippen LogP contribution in [-0.4, -0.2) is 52.9 Å². The van der Waals surface area contributed by atoms with Gasteiger partial charge < -0.3 is 9.72 Å². The maximum absolute atomic E-state index is 14.5. The minimum atomic E-state index is -0.677. The Bertz CT molecular complexity index is 2380. The zero-order chi connectivity index (χ0) is 36.0. The normalized spacial score (nSPS) is 16.6. The van der Waals surface area contributed by atoms with Gasteiger partial charge in [-0.05, 0) is 101 Å². The number of aromatic nitrogens is 5. The van der Waals surface area contributed by atoms with Gasteiger partial charge in [0.15, 0.2) is 5.65 Å². The molecule has 0 atom stereocenters. The molecule has 262 valence electrons. The molecule has 2 aromatic carbocycles. The van der Waals surface area contributed by atoms with Crippen molar-refractivity contribution in [2.75, 3.05) is 7.05 Å². The van der Waals surface area contributed by atoms with Crippen molar-refractivity contribution in [3.63, 3.8) is 0 Å². The number of pyridine rings is 2. The molecule has 0 bridgehead atoms. The monoisotopic (exact) mass is 691 g/mol. The maximum Gasteiger partial charge on any atom is 0.337 e. The number of hydrogen-bond donors (Lipinski definition) is 1. The van der Waals surface area contributed by atoms with Crippen LogP contribution in [0.4, 0.5) is 8.78 Å². The lowest BCUT2D eigenvalue weighted by Crippen LogP contribution is -2.45. The molecule has 1 amide bonds. The summed E-state index contributed by atoms with van der Waals surface area (Å²) in [6, 6.07) is 18.9. The predicted octanol–water partition coefficient (Wildman–Crippen LogP) is 6.28. The highest BCUT2D eigenvalue weighted by atomic mass is 19.1. The molecule has 7 rings (SSSR count). The van der Waals surface area contributed by atoms with Crippen LogP contribution in [0.25, 0.3) is 33.5 Å². The summed E-state index contributed by atoms with van der Waals surface area (Å²) in [5.41, 5.74) is 3.07. The topological polar surface area (TPSA) is 107 Å². The number of carbonyl (C=O) groups excluding carboxylic acids is 1. The SMILES string of the molecule is CN(Cc1ccc(-c2cccc(-n3c(=O)n(C4CCC(NC(=O)c5cn6cc(F)ccc6n5)CC4)c(=O)c4cc(F)cnc43)c2)cc1)C(C)(C)C. The van der Waals surface area contributed by atoms with E-state index in [1.54, 1.807) is 6.07 Å². The van der Waals surface area contributed by atoms with E-state index in [0.717, 1.165) is 29.9 Å². The fourth-order valence-electron chi connectivity index (χ4n) is 6.69. The molecule has 10 nitrogen and oxygen atoms in total. The Balaban J connectivity index is 1.16. The molecular weight excluding hydrogens is 652 g/mol. The second-order valence-corrected chi connectivity index (χ2v) is 14.3. The zero-order valence-corrected chi connectivity index (χ0v) is 28.9. The number of imidazole rings is 1. The maximum atomic E-state index is 14.5. The minimum absolute atomic E-state index is 0.00559. The van der Waals surface area contributed by atoms with Gasteiger partial charge in [0.2, 0.25) is 0 Å². The zero-order valence-electron chi connectivity index (χ0n) is 28.9. The summed E-state index contributed by atoms with van der Waals surface area (Å²) in [6.07, 6.45) is 5.60. The van der Waals surface area contributed by atoms with Gasteiger partial charge in [-0.2, -0.15) is 0 Å². The highest BCUT2D eigenvalue weighted by molar-refractivity contribution is 5.93. The summed E-state index contributed by atoms with van der Waals surface area (Å²) >= 11 is 0. The second-order valence-electron chi connectivity index (χ2n) is 14.3. The first-order valence-corrected chi connectivity index (χ1v) is 17.0. The molecule has 6 aromatic rings. The van der Waals surface area contributed by atoms with Gasteiger partial charge in [0.25, 0.3) is 11.5 Å². The van der Waals surface area contributed by atoms with E-state index >= 15 is 0 Å². The number of carbonyl (C=O) groups is 1. The number of nitrogens with one attached hydrogen (secondary N) is 1. The largest absolute Gasteiger partial charge is 0.348 e. The van der Waals surface area contributed by atoms with Crippen LogP contribution in [0.3, 0.4) is 0 Å². The van der Waals surface area contributed by atoms with Gasteiger partial charge in [-0.15, -0.1) is 0 Å². The summed E-state index contributed by atoms with van der Waals surface area (Å²) in [5, 5.41) is 2.99. The number of nitrogens with zero attached hydrogens (tertiary/aromatic N) is 6. The second kappa shape index (κ2) is 13.3. The summed E-state index contributed by atoms with van der Waals surface area (Å²) in [4.78, 5) is 51.9. The molecule has 1 aliphatic carbocycles. The van der Waals surface area contributed by atoms with Crippen molar-refractivity contribution in [1.29, 1.82) is 0 Å². The van der Waals surface area contributed by atoms with Crippen molar-refractivity contribution < 1.29 is 13.6 Å². The number of hydrogen-bond acceptors (Lipinski definition) is 6. The number of fused-ring (bicyclic) bond motifs is 2. The first-order chi connectivity index (χ1) is 24.4. The lowest BCUT2D eigenvalue weighted by Gasteiger charge is -2.31. The van der Waals surface area contributed by atoms with Gasteiger partial charge in [0, 0.05) is 36.6 Å². The molecule has 0 aliphatic heterocycles. The molecule has 0 spiro atoms. The average Bonchev–Trinajstić information content (AvgIpc) is 3.53. The third kappa shape index (κ3) is 6.83. The fourth-order valence-corrected chi connectivity index (χ4v) is 6.69. The van der Waals surface area contributed by atoms with Crippen molar-refractivity contribution in [3.8, 4) is 16.8 Å². The number of amides is 1. The molecule has 4 aromatic heterocycles. The van der Waals surface area contributed by atoms with Crippen molar-refractivity contribution in [2.45, 2.75) is 70.6 Å². The molecule has 1 saturated carbocycles. The van der Waals surface area contributed by atoms with Gasteiger partial charge in [0.1, 0.15) is 23.0 Å². The molecule has 51 heavy (non-hydrogen) atoms. The Kier molecular flexibility index (Phi) is 8.88. The minimum Gasteiger partial charge on any atom is -0.348 e. The van der Waals surface area contributed by atoms with Crippen molar-refractivity contribution in [3.05, 3.63) is 129 Å². The van der Waals surface area contributed by atoms with E-state index in [4.69, 9.17) is 0 Å². The van der Waals surface area contributed by atoms with Crippen LogP contribution in [0.5, 0.6) is 0 Å². The van der Waals surface area contributed by atoms with Gasteiger partial charge in [-0.3, -0.25) is 19.1 Å². The Morgan fingerprint density at radius 1 is 0.922 bits per heavy atom. The lowest BCUT2D eigenvalue weighted by molar-refractivity contribution is 0.0917. The summed E-state index contributed by atoms with van der Waals surface area (Å²) in [6.45, 7) is 7.32. The number of rotatable bonds is 7. The van der Waals surface area contributed by atoms with Gasteiger partial charge in [0.05, 0.1) is 17.3 Å². The predicted molar refractivity (Wildman–Crippen MR) is 192 cm³/mol. The van der Waals surface area contributed by atoms with E-state index < -0.39 is 28.9 Å². The fraction of sp³-hybridized carbons (Fsp3) is 0.308. The van der Waals surface area contributed by atoms with E-state index in [1.165, 1.54) is 43.6 Å². The Morgan fingerprint density at radius 3 is 2.39 bits per heavy atom. The van der Waals surface area contributed by atoms with Crippen LogP contribution >= 0.6 is 0 Å². The van der Waals surface area contributed by atoms with Gasteiger partial charge in [-0.25, -0.2) is 28.1 Å². The van der Waals surface area contributed by atoms with E-state index in [1.807, 2.05) is 30.3 Å². The smallest absolute Gasteiger partial charge is 0.337 e. The van der Waals surface area contributed by atoms with E-state index in [0.29, 0.717) is 37.0 Å². The first kappa shape index (κ1) is 34.0. The van der Waals surface area contributed by atoms with Crippen LogP contribution in [0.1, 0.15) is 68.5 Å². The van der Waals surface area contributed by atoms with Crippen LogP contribution < -0.4 is 16.6 Å². The van der Waals surface area contributed by atoms with Crippen molar-refractivity contribution >= 4 is 22.6 Å². The molecule has 1 fully saturated rings. The van der Waals surface area contributed by atoms with E-state index in [9.17, 15) is 23.2 Å². The molecular formula is C39H39F2N7O3. The Morgan fingerprint density at radius 2 is 1.67 bits per heavy atom. The van der Waals surface area contributed by atoms with Crippen LogP contribution in [0.15, 0.2) is 94.9 Å². The van der Waals surface area contributed by atoms with Crippen molar-refractivity contribution in [1.82, 2.24) is 33.7 Å². The Labute approximate surface area is 293 Å².